The van der Waals surface area contributed by atoms with Crippen molar-refractivity contribution in [1.82, 2.24) is 23.8 Å². The summed E-state index contributed by atoms with van der Waals surface area (Å²) in [7, 11) is -3.87. The molecular formula is C28H31N5O6S. The van der Waals surface area contributed by atoms with Crippen LogP contribution in [0.25, 0.3) is 22.1 Å². The molecule has 0 bridgehead atoms. The molecule has 1 N–H and O–H groups in total. The number of nitrogens with zero attached hydrogens (tertiary/aromatic N) is 4. The van der Waals surface area contributed by atoms with E-state index in [0.717, 1.165) is 44.0 Å². The van der Waals surface area contributed by atoms with Crippen LogP contribution in [0.2, 0.25) is 0 Å². The number of fused-ring (bicyclic) bond motifs is 3. The number of benzene rings is 1. The van der Waals surface area contributed by atoms with Gasteiger partial charge in [-0.25, -0.2) is 27.2 Å². The molecule has 3 aromatic heterocycles. The van der Waals surface area contributed by atoms with Gasteiger partial charge < -0.3 is 19.4 Å². The average Bonchev–Trinajstić information content (AvgIpc) is 3.55. The number of alkyl carbamates (subject to hydrolysis) is 1. The van der Waals surface area contributed by atoms with Gasteiger partial charge in [-0.2, -0.15) is 0 Å². The number of carbonyl (C=O) groups excluding carboxylic acids is 2. The van der Waals surface area contributed by atoms with E-state index < -0.39 is 16.0 Å². The summed E-state index contributed by atoms with van der Waals surface area (Å²) in [6.45, 7) is 1.81. The Balaban J connectivity index is 1.32. The molecule has 12 heteroatoms. The van der Waals surface area contributed by atoms with Crippen molar-refractivity contribution in [2.45, 2.75) is 69.0 Å². The fourth-order valence-electron chi connectivity index (χ4n) is 5.42. The Kier molecular flexibility index (Phi) is 6.95. The van der Waals surface area contributed by atoms with E-state index in [1.54, 1.807) is 42.6 Å². The van der Waals surface area contributed by atoms with Gasteiger partial charge in [0, 0.05) is 30.6 Å². The smallest absolute Gasteiger partial charge is 0.407 e. The number of nitrogens with one attached hydrogen (secondary N) is 1. The predicted molar refractivity (Wildman–Crippen MR) is 146 cm³/mol. The van der Waals surface area contributed by atoms with Crippen LogP contribution in [-0.4, -0.2) is 51.6 Å². The van der Waals surface area contributed by atoms with E-state index in [1.807, 2.05) is 0 Å². The third-order valence-corrected chi connectivity index (χ3v) is 9.32. The van der Waals surface area contributed by atoms with Crippen LogP contribution in [0.15, 0.2) is 53.7 Å². The Labute approximate surface area is 231 Å². The fraction of sp³-hybridized carbons (Fsp3) is 0.429. The molecular weight excluding hydrogens is 534 g/mol. The largest absolute Gasteiger partial charge is 0.458 e. The highest BCUT2D eigenvalue weighted by Crippen LogP contribution is 2.36. The average molecular weight is 566 g/mol. The van der Waals surface area contributed by atoms with E-state index in [1.165, 1.54) is 17.1 Å². The first-order valence-electron chi connectivity index (χ1n) is 13.6. The second-order valence-electron chi connectivity index (χ2n) is 10.5. The Bertz CT molecular complexity index is 1670. The van der Waals surface area contributed by atoms with Gasteiger partial charge in [0.2, 0.25) is 0 Å². The molecule has 2 fully saturated rings. The number of amides is 1. The number of rotatable bonds is 8. The fourth-order valence-corrected chi connectivity index (χ4v) is 6.74. The van der Waals surface area contributed by atoms with E-state index in [4.69, 9.17) is 14.5 Å². The molecule has 1 aromatic carbocycles. The topological polar surface area (TPSA) is 134 Å². The van der Waals surface area contributed by atoms with Crippen LogP contribution in [0.4, 0.5) is 4.79 Å². The zero-order valence-corrected chi connectivity index (χ0v) is 23.0. The summed E-state index contributed by atoms with van der Waals surface area (Å²) >= 11 is 0. The van der Waals surface area contributed by atoms with Gasteiger partial charge in [-0.05, 0) is 62.6 Å². The maximum absolute atomic E-state index is 13.4. The molecule has 3 heterocycles. The Hall–Kier alpha value is -3.93. The summed E-state index contributed by atoms with van der Waals surface area (Å²) < 4.78 is 40.8. The molecule has 2 saturated carbocycles. The minimum atomic E-state index is -3.87. The molecule has 0 unspecified atom stereocenters. The number of pyridine rings is 1. The first-order chi connectivity index (χ1) is 19.3. The van der Waals surface area contributed by atoms with Crippen LogP contribution in [0.3, 0.4) is 0 Å². The lowest BCUT2D eigenvalue weighted by Crippen LogP contribution is -2.38. The van der Waals surface area contributed by atoms with E-state index >= 15 is 0 Å². The normalized spacial score (nSPS) is 19.5. The maximum atomic E-state index is 13.4. The molecule has 6 rings (SSSR count). The number of ether oxygens (including phenoxy) is 2. The molecule has 0 saturated heterocycles. The predicted octanol–water partition coefficient (Wildman–Crippen LogP) is 4.31. The van der Waals surface area contributed by atoms with Crippen molar-refractivity contribution < 1.29 is 27.5 Å². The SMILES string of the molecule is CC(=O)OCc1nc2cnc3c(ccn3S(=O)(=O)c3ccccc3)c2n1C1CCC(NC(=O)OCC2CC2)CC1. The van der Waals surface area contributed by atoms with E-state index in [9.17, 15) is 18.0 Å². The molecule has 0 aliphatic heterocycles. The van der Waals surface area contributed by atoms with Crippen molar-refractivity contribution >= 4 is 44.2 Å². The van der Waals surface area contributed by atoms with Gasteiger partial charge in [-0.15, -0.1) is 0 Å². The summed E-state index contributed by atoms with van der Waals surface area (Å²) in [6, 6.07) is 9.98. The van der Waals surface area contributed by atoms with E-state index in [2.05, 4.69) is 14.9 Å². The van der Waals surface area contributed by atoms with Crippen LogP contribution in [0, 0.1) is 5.92 Å². The molecule has 1 amide bonds. The van der Waals surface area contributed by atoms with Gasteiger partial charge in [-0.3, -0.25) is 4.79 Å². The first-order valence-corrected chi connectivity index (χ1v) is 15.0. The summed E-state index contributed by atoms with van der Waals surface area (Å²) in [5.41, 5.74) is 1.63. The quantitative estimate of drug-likeness (QED) is 0.313. The zero-order chi connectivity index (χ0) is 27.9. The minimum absolute atomic E-state index is 0.00782. The number of imidazole rings is 1. The van der Waals surface area contributed by atoms with Gasteiger partial charge >= 0.3 is 12.1 Å². The van der Waals surface area contributed by atoms with Crippen LogP contribution in [0.1, 0.15) is 57.3 Å². The van der Waals surface area contributed by atoms with Crippen molar-refractivity contribution in [3.8, 4) is 0 Å². The van der Waals surface area contributed by atoms with Crippen molar-refractivity contribution in [1.29, 1.82) is 0 Å². The summed E-state index contributed by atoms with van der Waals surface area (Å²) in [5.74, 6) is 0.661. The Morgan fingerprint density at radius 2 is 1.77 bits per heavy atom. The van der Waals surface area contributed by atoms with E-state index in [-0.39, 0.29) is 29.7 Å². The molecule has 0 radical (unpaired) electrons. The molecule has 2 aliphatic carbocycles. The highest BCUT2D eigenvalue weighted by molar-refractivity contribution is 7.90. The lowest BCUT2D eigenvalue weighted by atomic mass is 9.91. The van der Waals surface area contributed by atoms with Crippen molar-refractivity contribution in [3.63, 3.8) is 0 Å². The van der Waals surface area contributed by atoms with Gasteiger partial charge in [0.15, 0.2) is 5.65 Å². The summed E-state index contributed by atoms with van der Waals surface area (Å²) in [5, 5.41) is 3.63. The molecule has 11 nitrogen and oxygen atoms in total. The molecule has 40 heavy (non-hydrogen) atoms. The van der Waals surface area contributed by atoms with Crippen molar-refractivity contribution in [2.24, 2.45) is 5.92 Å². The lowest BCUT2D eigenvalue weighted by molar-refractivity contribution is -0.142. The Morgan fingerprint density at radius 3 is 2.48 bits per heavy atom. The molecule has 210 valence electrons. The molecule has 2 aliphatic rings. The monoisotopic (exact) mass is 565 g/mol. The van der Waals surface area contributed by atoms with E-state index in [0.29, 0.717) is 34.9 Å². The van der Waals surface area contributed by atoms with Crippen molar-refractivity contribution in [3.05, 3.63) is 54.6 Å². The molecule has 0 atom stereocenters. The summed E-state index contributed by atoms with van der Waals surface area (Å²) in [4.78, 5) is 33.2. The van der Waals surface area contributed by atoms with Gasteiger partial charge in [0.25, 0.3) is 10.0 Å². The van der Waals surface area contributed by atoms with Gasteiger partial charge in [-0.1, -0.05) is 18.2 Å². The lowest BCUT2D eigenvalue weighted by Gasteiger charge is -2.31. The summed E-state index contributed by atoms with van der Waals surface area (Å²) in [6.07, 6.45) is 7.93. The van der Waals surface area contributed by atoms with Crippen LogP contribution in [-0.2, 0) is 30.9 Å². The third-order valence-electron chi connectivity index (χ3n) is 7.64. The third kappa shape index (κ3) is 5.15. The number of esters is 1. The van der Waals surface area contributed by atoms with Crippen LogP contribution >= 0.6 is 0 Å². The second kappa shape index (κ2) is 10.6. The minimum Gasteiger partial charge on any atom is -0.458 e. The number of hydrogen-bond donors (Lipinski definition) is 1. The van der Waals surface area contributed by atoms with Crippen LogP contribution in [0.5, 0.6) is 0 Å². The number of hydrogen-bond acceptors (Lipinski definition) is 8. The highest BCUT2D eigenvalue weighted by atomic mass is 32.2. The maximum Gasteiger partial charge on any atom is 0.407 e. The van der Waals surface area contributed by atoms with Crippen molar-refractivity contribution in [2.75, 3.05) is 6.61 Å². The first kappa shape index (κ1) is 26.3. The number of aromatic nitrogens is 4. The molecule has 4 aromatic rings. The van der Waals surface area contributed by atoms with Gasteiger partial charge in [0.05, 0.1) is 23.2 Å². The number of carbonyl (C=O) groups is 2. The standard InChI is InChI=1S/C28H31N5O6S/c1-18(34)38-17-25-31-24-15-29-27-23(13-14-32(27)40(36,37)22-5-3-2-4-6-22)26(24)33(25)21-11-9-20(10-12-21)30-28(35)39-16-19-7-8-19/h2-6,13-15,19-21H,7-12,16-17H2,1H3,(H,30,35). The zero-order valence-electron chi connectivity index (χ0n) is 22.2. The molecule has 0 spiro atoms. The van der Waals surface area contributed by atoms with Gasteiger partial charge in [0.1, 0.15) is 17.9 Å². The highest BCUT2D eigenvalue weighted by Gasteiger charge is 2.30. The Morgan fingerprint density at radius 1 is 1.02 bits per heavy atom. The van der Waals surface area contributed by atoms with Crippen LogP contribution < -0.4 is 5.32 Å². The second-order valence-corrected chi connectivity index (χ2v) is 12.3.